The van der Waals surface area contributed by atoms with Crippen molar-refractivity contribution in [3.05, 3.63) is 189 Å². The number of hydrogen-bond donors (Lipinski definition) is 4. The molecule has 10 nitrogen and oxygen atoms in total. The number of nitrogens with zero attached hydrogens (tertiary/aromatic N) is 4. The van der Waals surface area contributed by atoms with Crippen LogP contribution in [0.15, 0.2) is 146 Å². The van der Waals surface area contributed by atoms with Crippen LogP contribution in [0.2, 0.25) is 10.3 Å². The molecule has 0 saturated heterocycles. The van der Waals surface area contributed by atoms with E-state index in [0.717, 1.165) is 49.8 Å². The molecule has 0 atom stereocenters. The Morgan fingerprint density at radius 1 is 0.466 bits per heavy atom. The van der Waals surface area contributed by atoms with Gasteiger partial charge in [0.1, 0.15) is 0 Å². The van der Waals surface area contributed by atoms with Crippen LogP contribution in [0.1, 0.15) is 43.0 Å². The van der Waals surface area contributed by atoms with Crippen LogP contribution in [0, 0.1) is 13.8 Å². The number of fused-ring (bicyclic) bond motifs is 2. The molecule has 12 heteroatoms. The molecule has 0 aliphatic carbocycles. The first kappa shape index (κ1) is 39.4. The van der Waals surface area contributed by atoms with E-state index in [1.165, 1.54) is 0 Å². The first-order chi connectivity index (χ1) is 28.2. The number of nitrogens with one attached hydrogen (secondary N) is 4. The number of aromatic nitrogens is 4. The van der Waals surface area contributed by atoms with E-state index >= 15 is 0 Å². The third-order valence-electron chi connectivity index (χ3n) is 9.15. The quantitative estimate of drug-likeness (QED) is 0.107. The number of carbonyl (C=O) groups excluding carboxylic acids is 2. The van der Waals surface area contributed by atoms with E-state index in [4.69, 9.17) is 23.2 Å². The van der Waals surface area contributed by atoms with Crippen LogP contribution >= 0.6 is 23.2 Å². The van der Waals surface area contributed by atoms with Gasteiger partial charge < -0.3 is 21.3 Å². The zero-order valence-corrected chi connectivity index (χ0v) is 33.1. The number of halogens is 2. The van der Waals surface area contributed by atoms with Crippen LogP contribution in [0.5, 0.6) is 0 Å². The lowest BCUT2D eigenvalue weighted by Gasteiger charge is -2.11. The van der Waals surface area contributed by atoms with Gasteiger partial charge in [0.05, 0.1) is 0 Å². The van der Waals surface area contributed by atoms with Crippen molar-refractivity contribution in [1.82, 2.24) is 20.4 Å². The summed E-state index contributed by atoms with van der Waals surface area (Å²) < 4.78 is 0. The number of carbonyl (C=O) groups is 2. The van der Waals surface area contributed by atoms with Gasteiger partial charge >= 0.3 is 0 Å². The van der Waals surface area contributed by atoms with E-state index < -0.39 is 0 Å². The molecule has 0 bridgehead atoms. The van der Waals surface area contributed by atoms with Crippen molar-refractivity contribution in [1.29, 1.82) is 0 Å². The smallest absolute Gasteiger partial charge is 0.255 e. The number of rotatable bonds is 10. The van der Waals surface area contributed by atoms with Crippen molar-refractivity contribution >= 4 is 79.6 Å². The van der Waals surface area contributed by atoms with Crippen molar-refractivity contribution < 1.29 is 9.59 Å². The summed E-state index contributed by atoms with van der Waals surface area (Å²) in [5, 5.41) is 32.4. The molecular formula is C46H38Cl2N8O2. The number of amides is 2. The van der Waals surface area contributed by atoms with E-state index in [1.54, 1.807) is 30.3 Å². The average Bonchev–Trinajstić information content (AvgIpc) is 3.24. The Morgan fingerprint density at radius 3 is 1.41 bits per heavy atom. The molecule has 58 heavy (non-hydrogen) atoms. The summed E-state index contributed by atoms with van der Waals surface area (Å²) >= 11 is 12.5. The maximum atomic E-state index is 12.7. The molecule has 0 spiro atoms. The number of anilines is 4. The maximum Gasteiger partial charge on any atom is 0.255 e. The van der Waals surface area contributed by atoms with Gasteiger partial charge in [-0.05, 0) is 90.7 Å². The molecule has 2 heterocycles. The second-order valence-corrected chi connectivity index (χ2v) is 14.2. The highest BCUT2D eigenvalue weighted by molar-refractivity contribution is 6.35. The summed E-state index contributed by atoms with van der Waals surface area (Å²) in [5.74, 6) is 0.806. The van der Waals surface area contributed by atoms with Crippen molar-refractivity contribution in [3.8, 4) is 0 Å². The van der Waals surface area contributed by atoms with Gasteiger partial charge in [-0.1, -0.05) is 114 Å². The zero-order chi connectivity index (χ0) is 40.4. The molecule has 0 saturated carbocycles. The molecule has 288 valence electrons. The van der Waals surface area contributed by atoms with Gasteiger partial charge in [0, 0.05) is 57.1 Å². The van der Waals surface area contributed by atoms with Crippen LogP contribution in [0.25, 0.3) is 21.5 Å². The molecule has 6 aromatic carbocycles. The highest BCUT2D eigenvalue weighted by Gasteiger charge is 2.15. The Hall–Kier alpha value is -6.88. The summed E-state index contributed by atoms with van der Waals surface area (Å²) in [6.45, 7) is 5.17. The Bertz CT molecular complexity index is 2730. The highest BCUT2D eigenvalue weighted by Crippen LogP contribution is 2.29. The van der Waals surface area contributed by atoms with Crippen molar-refractivity contribution in [2.24, 2.45) is 0 Å². The minimum atomic E-state index is -0.204. The Labute approximate surface area is 345 Å². The molecule has 0 unspecified atom stereocenters. The lowest BCUT2D eigenvalue weighted by atomic mass is 10.1. The van der Waals surface area contributed by atoms with Crippen LogP contribution in [0.3, 0.4) is 0 Å². The van der Waals surface area contributed by atoms with Crippen LogP contribution in [-0.2, 0) is 13.1 Å². The number of aryl methyl sites for hydroxylation is 2. The number of hydrogen-bond acceptors (Lipinski definition) is 8. The summed E-state index contributed by atoms with van der Waals surface area (Å²) in [5.41, 5.74) is 6.93. The molecular weight excluding hydrogens is 767 g/mol. The molecule has 0 fully saturated rings. The Kier molecular flexibility index (Phi) is 12.5. The van der Waals surface area contributed by atoms with Gasteiger partial charge in [-0.2, -0.15) is 0 Å². The fourth-order valence-electron chi connectivity index (χ4n) is 6.20. The molecule has 2 amide bonds. The maximum absolute atomic E-state index is 12.7. The Balaban J connectivity index is 0.000000177. The van der Waals surface area contributed by atoms with Crippen molar-refractivity contribution in [2.45, 2.75) is 26.9 Å². The SMILES string of the molecule is Cc1cccc(NC(=O)c2ccc3c(Cl)nnc(NCc4ccccc4)c3c2)c1.Cc1cccc(NC(=O)c2ccc3c(NCc4ccccc4)nnc(Cl)c3c2)c1. The van der Waals surface area contributed by atoms with Gasteiger partial charge in [-0.25, -0.2) is 0 Å². The zero-order valence-electron chi connectivity index (χ0n) is 31.6. The van der Waals surface area contributed by atoms with Crippen molar-refractivity contribution in [3.63, 3.8) is 0 Å². The van der Waals surface area contributed by atoms with Gasteiger partial charge in [-0.3, -0.25) is 9.59 Å². The minimum absolute atomic E-state index is 0.195. The predicted octanol–water partition coefficient (Wildman–Crippen LogP) is 10.9. The van der Waals surface area contributed by atoms with Crippen LogP contribution in [0.4, 0.5) is 23.0 Å². The highest BCUT2D eigenvalue weighted by atomic mass is 35.5. The van der Waals surface area contributed by atoms with E-state index in [-0.39, 0.29) is 17.0 Å². The first-order valence-electron chi connectivity index (χ1n) is 18.4. The third-order valence-corrected chi connectivity index (χ3v) is 9.71. The number of benzene rings is 6. The normalized spacial score (nSPS) is 10.7. The summed E-state index contributed by atoms with van der Waals surface area (Å²) in [4.78, 5) is 25.4. The fourth-order valence-corrected chi connectivity index (χ4v) is 6.60. The molecule has 4 N–H and O–H groups in total. The Morgan fingerprint density at radius 2 is 0.914 bits per heavy atom. The average molecular weight is 806 g/mol. The monoisotopic (exact) mass is 804 g/mol. The molecule has 0 aliphatic heterocycles. The molecule has 8 rings (SSSR count). The standard InChI is InChI=1S/2C23H19ClN4O/c1-15-6-5-9-18(12-15)26-23(29)17-10-11-19-20(13-17)21(24)27-28-22(19)25-14-16-7-3-2-4-8-16;1-15-6-5-9-18(12-15)26-23(29)17-10-11-19-20(13-17)22(28-27-21(19)24)25-14-16-7-3-2-4-8-16/h2*2-13H,14H2,1H3,(H,25,28)(H,26,29). The summed E-state index contributed by atoms with van der Waals surface area (Å²) in [6.07, 6.45) is 0. The molecule has 8 aromatic rings. The van der Waals surface area contributed by atoms with Gasteiger partial charge in [0.25, 0.3) is 11.8 Å². The predicted molar refractivity (Wildman–Crippen MR) is 235 cm³/mol. The largest absolute Gasteiger partial charge is 0.364 e. The van der Waals surface area contributed by atoms with Crippen molar-refractivity contribution in [2.75, 3.05) is 21.3 Å². The molecule has 2 aromatic heterocycles. The second kappa shape index (κ2) is 18.4. The van der Waals surface area contributed by atoms with Gasteiger partial charge in [0.2, 0.25) is 0 Å². The summed E-state index contributed by atoms with van der Waals surface area (Å²) in [7, 11) is 0. The van der Waals surface area contributed by atoms with Crippen LogP contribution in [-0.4, -0.2) is 32.2 Å². The fraction of sp³-hybridized carbons (Fsp3) is 0.0870. The van der Waals surface area contributed by atoms with E-state index in [0.29, 0.717) is 46.4 Å². The summed E-state index contributed by atoms with van der Waals surface area (Å²) in [6, 6.07) is 46.0. The lowest BCUT2D eigenvalue weighted by Crippen LogP contribution is -2.12. The van der Waals surface area contributed by atoms with E-state index in [1.807, 2.05) is 129 Å². The van der Waals surface area contributed by atoms with Gasteiger partial charge in [0.15, 0.2) is 21.9 Å². The molecule has 0 radical (unpaired) electrons. The van der Waals surface area contributed by atoms with E-state index in [9.17, 15) is 9.59 Å². The third kappa shape index (κ3) is 9.91. The minimum Gasteiger partial charge on any atom is -0.364 e. The van der Waals surface area contributed by atoms with E-state index in [2.05, 4.69) is 41.7 Å². The van der Waals surface area contributed by atoms with Crippen LogP contribution < -0.4 is 21.3 Å². The second-order valence-electron chi connectivity index (χ2n) is 13.5. The lowest BCUT2D eigenvalue weighted by molar-refractivity contribution is 0.101. The first-order valence-corrected chi connectivity index (χ1v) is 19.2. The van der Waals surface area contributed by atoms with Gasteiger partial charge in [-0.15, -0.1) is 20.4 Å². The topological polar surface area (TPSA) is 134 Å². The molecule has 0 aliphatic rings.